The number of carboxylic acids is 1. The lowest BCUT2D eigenvalue weighted by molar-refractivity contribution is 0.0694. The molecule has 0 spiro atoms. The van der Waals surface area contributed by atoms with Crippen molar-refractivity contribution in [3.05, 3.63) is 101 Å². The zero-order valence-corrected chi connectivity index (χ0v) is 19.3. The quantitative estimate of drug-likeness (QED) is 0.296. The maximum Gasteiger partial charge on any atom is 0.339 e. The minimum atomic E-state index is -1.27. The predicted molar refractivity (Wildman–Crippen MR) is 130 cm³/mol. The summed E-state index contributed by atoms with van der Waals surface area (Å²) in [4.78, 5) is 15.4. The second-order valence-electron chi connectivity index (χ2n) is 8.05. The third-order valence-electron chi connectivity index (χ3n) is 5.35. The second-order valence-corrected chi connectivity index (χ2v) is 8.05. The van der Waals surface area contributed by atoms with E-state index in [2.05, 4.69) is 4.98 Å². The third-order valence-corrected chi connectivity index (χ3v) is 5.35. The molecule has 0 atom stereocenters. The summed E-state index contributed by atoms with van der Waals surface area (Å²) in [5.41, 5.74) is 15.3. The first-order valence-corrected chi connectivity index (χ1v) is 11.0. The molecule has 0 radical (unpaired) electrons. The number of carbonyl (C=O) groups is 1. The van der Waals surface area contributed by atoms with Gasteiger partial charge < -0.3 is 26.0 Å². The zero-order valence-electron chi connectivity index (χ0n) is 19.3. The maximum absolute atomic E-state index is 14.6. The number of halogens is 2. The van der Waals surface area contributed by atoms with Crippen LogP contribution in [0.25, 0.3) is 11.1 Å². The molecular weight excluding hydrogens is 468 g/mol. The lowest BCUT2D eigenvalue weighted by Gasteiger charge is -2.13. The first kappa shape index (κ1) is 24.8. The van der Waals surface area contributed by atoms with Crippen molar-refractivity contribution in [1.82, 2.24) is 4.98 Å². The van der Waals surface area contributed by atoms with Crippen LogP contribution < -0.4 is 20.9 Å². The van der Waals surface area contributed by atoms with E-state index in [0.717, 1.165) is 16.7 Å². The van der Waals surface area contributed by atoms with Crippen LogP contribution in [-0.4, -0.2) is 16.1 Å². The molecule has 7 nitrogen and oxygen atoms in total. The van der Waals surface area contributed by atoms with Crippen LogP contribution in [0.15, 0.2) is 66.7 Å². The highest BCUT2D eigenvalue weighted by Gasteiger charge is 2.19. The highest BCUT2D eigenvalue weighted by molar-refractivity contribution is 5.91. The van der Waals surface area contributed by atoms with Gasteiger partial charge in [-0.2, -0.15) is 4.98 Å². The predicted octanol–water partition coefficient (Wildman–Crippen LogP) is 5.54. The number of hydrogen-bond donors (Lipinski definition) is 3. The van der Waals surface area contributed by atoms with E-state index in [9.17, 15) is 18.7 Å². The number of aromatic carboxylic acids is 1. The Labute approximate surface area is 205 Å². The van der Waals surface area contributed by atoms with Gasteiger partial charge in [0.1, 0.15) is 17.1 Å². The van der Waals surface area contributed by atoms with Gasteiger partial charge in [0.2, 0.25) is 0 Å². The summed E-state index contributed by atoms with van der Waals surface area (Å²) >= 11 is 0. The fraction of sp³-hybridized carbons (Fsp3) is 0.111. The van der Waals surface area contributed by atoms with E-state index in [0.29, 0.717) is 23.7 Å². The molecule has 1 aromatic heterocycles. The monoisotopic (exact) mass is 491 g/mol. The number of benzene rings is 3. The Morgan fingerprint density at radius 3 is 2.25 bits per heavy atom. The van der Waals surface area contributed by atoms with E-state index < -0.39 is 29.4 Å². The fourth-order valence-corrected chi connectivity index (χ4v) is 3.57. The van der Waals surface area contributed by atoms with Gasteiger partial charge in [-0.15, -0.1) is 0 Å². The molecule has 3 aromatic carbocycles. The van der Waals surface area contributed by atoms with Gasteiger partial charge in [0.25, 0.3) is 11.8 Å². The molecule has 0 aliphatic heterocycles. The molecule has 4 rings (SSSR count). The largest absolute Gasteiger partial charge is 0.478 e. The number of nitrogens with zero attached hydrogens (tertiary/aromatic N) is 1. The van der Waals surface area contributed by atoms with Crippen molar-refractivity contribution < 1.29 is 28.2 Å². The summed E-state index contributed by atoms with van der Waals surface area (Å²) in [6, 6.07) is 17.6. The first-order valence-electron chi connectivity index (χ1n) is 11.0. The van der Waals surface area contributed by atoms with Gasteiger partial charge in [0.15, 0.2) is 11.6 Å². The summed E-state index contributed by atoms with van der Waals surface area (Å²) in [5, 5.41) is 9.40. The van der Waals surface area contributed by atoms with Crippen molar-refractivity contribution >= 4 is 5.97 Å². The van der Waals surface area contributed by atoms with Crippen LogP contribution in [0.1, 0.15) is 27.0 Å². The van der Waals surface area contributed by atoms with Gasteiger partial charge in [0.05, 0.1) is 0 Å². The third kappa shape index (κ3) is 5.48. The van der Waals surface area contributed by atoms with Gasteiger partial charge in [0, 0.05) is 19.2 Å². The maximum atomic E-state index is 14.6. The molecule has 1 heterocycles. The van der Waals surface area contributed by atoms with Crippen molar-refractivity contribution in [2.45, 2.75) is 20.0 Å². The van der Waals surface area contributed by atoms with Gasteiger partial charge >= 0.3 is 5.97 Å². The molecule has 0 amide bonds. The summed E-state index contributed by atoms with van der Waals surface area (Å²) < 4.78 is 40.2. The molecule has 0 saturated carbocycles. The van der Waals surface area contributed by atoms with Crippen molar-refractivity contribution in [3.8, 4) is 34.4 Å². The van der Waals surface area contributed by atoms with Crippen LogP contribution in [0.4, 0.5) is 8.78 Å². The zero-order chi connectivity index (χ0) is 25.8. The molecule has 9 heteroatoms. The number of ether oxygens (including phenoxy) is 2. The number of carboxylic acid groups (broad SMARTS) is 1. The van der Waals surface area contributed by atoms with Gasteiger partial charge in [-0.1, -0.05) is 24.3 Å². The van der Waals surface area contributed by atoms with Gasteiger partial charge in [-0.3, -0.25) is 0 Å². The van der Waals surface area contributed by atoms with Crippen LogP contribution in [0, 0.1) is 18.6 Å². The average Bonchev–Trinajstić information content (AvgIpc) is 2.86. The molecule has 0 fully saturated rings. The number of aryl methyl sites for hydroxylation is 1. The van der Waals surface area contributed by atoms with E-state index in [-0.39, 0.29) is 23.6 Å². The molecule has 0 aliphatic rings. The lowest BCUT2D eigenvalue weighted by Crippen LogP contribution is -2.04. The Hall–Kier alpha value is -4.34. The van der Waals surface area contributed by atoms with Crippen LogP contribution >= 0.6 is 0 Å². The normalized spacial score (nSPS) is 10.8. The van der Waals surface area contributed by atoms with E-state index in [1.54, 1.807) is 25.1 Å². The van der Waals surface area contributed by atoms with Crippen molar-refractivity contribution in [2.24, 2.45) is 11.5 Å². The Balaban J connectivity index is 1.71. The number of rotatable bonds is 8. The molecule has 0 bridgehead atoms. The molecule has 0 saturated heterocycles. The number of aromatic nitrogens is 1. The Bertz CT molecular complexity index is 1440. The highest BCUT2D eigenvalue weighted by Crippen LogP contribution is 2.34. The van der Waals surface area contributed by atoms with Crippen molar-refractivity contribution in [2.75, 3.05) is 0 Å². The first-order chi connectivity index (χ1) is 17.3. The SMILES string of the molecule is Cc1ccc(C(=O)O)c(Oc2nc(Oc3cc(CN)cc(-c4cccc(CN)c4)c3)c(F)cc2F)c1. The van der Waals surface area contributed by atoms with Gasteiger partial charge in [-0.05, 0) is 71.1 Å². The van der Waals surface area contributed by atoms with Crippen LogP contribution in [0.2, 0.25) is 0 Å². The number of pyridine rings is 1. The van der Waals surface area contributed by atoms with E-state index in [1.807, 2.05) is 30.3 Å². The van der Waals surface area contributed by atoms with E-state index in [4.69, 9.17) is 20.9 Å². The Morgan fingerprint density at radius 1 is 0.861 bits per heavy atom. The smallest absolute Gasteiger partial charge is 0.339 e. The van der Waals surface area contributed by atoms with Crippen molar-refractivity contribution in [3.63, 3.8) is 0 Å². The molecule has 0 unspecified atom stereocenters. The van der Waals surface area contributed by atoms with Crippen LogP contribution in [0.5, 0.6) is 23.3 Å². The molecule has 184 valence electrons. The molecule has 5 N–H and O–H groups in total. The summed E-state index contributed by atoms with van der Waals surface area (Å²) in [6.45, 7) is 2.28. The highest BCUT2D eigenvalue weighted by atomic mass is 19.1. The fourth-order valence-electron chi connectivity index (χ4n) is 3.57. The van der Waals surface area contributed by atoms with E-state index in [1.165, 1.54) is 12.1 Å². The average molecular weight is 491 g/mol. The van der Waals surface area contributed by atoms with Crippen LogP contribution in [0.3, 0.4) is 0 Å². The lowest BCUT2D eigenvalue weighted by atomic mass is 10.0. The standard InChI is InChI=1S/C27H23F2N3O4/c1-15-5-6-21(27(33)34)24(7-15)36-26-23(29)12-22(28)25(32-26)35-20-10-17(14-31)9-19(11-20)18-4-2-3-16(8-18)13-30/h2-12H,13-14,30-31H2,1H3,(H,33,34). The molecular formula is C27H23F2N3O4. The van der Waals surface area contributed by atoms with Crippen LogP contribution in [-0.2, 0) is 13.1 Å². The van der Waals surface area contributed by atoms with Crippen molar-refractivity contribution in [1.29, 1.82) is 0 Å². The topological polar surface area (TPSA) is 121 Å². The minimum absolute atomic E-state index is 0.140. The number of hydrogen-bond acceptors (Lipinski definition) is 6. The second kappa shape index (κ2) is 10.5. The Morgan fingerprint density at radius 2 is 1.56 bits per heavy atom. The number of nitrogens with two attached hydrogens (primary N) is 2. The van der Waals surface area contributed by atoms with E-state index >= 15 is 0 Å². The Kier molecular flexibility index (Phi) is 7.23. The summed E-state index contributed by atoms with van der Waals surface area (Å²) in [7, 11) is 0. The molecule has 4 aromatic rings. The molecule has 36 heavy (non-hydrogen) atoms. The molecule has 0 aliphatic carbocycles. The van der Waals surface area contributed by atoms with Gasteiger partial charge in [-0.25, -0.2) is 13.6 Å². The summed E-state index contributed by atoms with van der Waals surface area (Å²) in [6.07, 6.45) is 0. The minimum Gasteiger partial charge on any atom is -0.478 e. The summed E-state index contributed by atoms with van der Waals surface area (Å²) in [5.74, 6) is -4.55.